The molecule has 1 atom stereocenters. The van der Waals surface area contributed by atoms with E-state index in [1.807, 2.05) is 0 Å². The van der Waals surface area contributed by atoms with Crippen LogP contribution >= 0.6 is 0 Å². The van der Waals surface area contributed by atoms with Gasteiger partial charge in [-0.05, 0) is 12.8 Å². The normalized spacial score (nSPS) is 25.6. The molecule has 0 saturated carbocycles. The van der Waals surface area contributed by atoms with E-state index in [0.29, 0.717) is 19.3 Å². The van der Waals surface area contributed by atoms with Gasteiger partial charge in [-0.2, -0.15) is 0 Å². The van der Waals surface area contributed by atoms with Crippen molar-refractivity contribution in [2.45, 2.75) is 25.4 Å². The van der Waals surface area contributed by atoms with Crippen molar-refractivity contribution in [2.24, 2.45) is 5.73 Å². The van der Waals surface area contributed by atoms with Crippen LogP contribution in [0.2, 0.25) is 0 Å². The molecule has 0 aromatic carbocycles. The summed E-state index contributed by atoms with van der Waals surface area (Å²) < 4.78 is 4.63. The number of hydrogen-bond acceptors (Lipinski definition) is 3. The van der Waals surface area contributed by atoms with Crippen molar-refractivity contribution in [3.8, 4) is 0 Å². The van der Waals surface area contributed by atoms with Gasteiger partial charge in [0, 0.05) is 6.42 Å². The molecule has 0 aliphatic carbocycles. The van der Waals surface area contributed by atoms with E-state index in [4.69, 9.17) is 5.73 Å². The van der Waals surface area contributed by atoms with E-state index >= 15 is 0 Å². The Balaban J connectivity index is 2.47. The SMILES string of the molecule is NC(=O)C1CCCC(=O)O1. The first-order valence-corrected chi connectivity index (χ1v) is 3.19. The van der Waals surface area contributed by atoms with E-state index in [0.717, 1.165) is 0 Å². The quantitative estimate of drug-likeness (QED) is 0.506. The molecule has 0 aromatic heterocycles. The minimum absolute atomic E-state index is 0.324. The van der Waals surface area contributed by atoms with Gasteiger partial charge in [-0.1, -0.05) is 0 Å². The number of esters is 1. The van der Waals surface area contributed by atoms with Crippen molar-refractivity contribution < 1.29 is 14.3 Å². The fourth-order valence-corrected chi connectivity index (χ4v) is 0.909. The average Bonchev–Trinajstić information content (AvgIpc) is 1.88. The largest absolute Gasteiger partial charge is 0.452 e. The number of amides is 1. The molecule has 0 aromatic rings. The maximum Gasteiger partial charge on any atom is 0.306 e. The minimum Gasteiger partial charge on any atom is -0.452 e. The number of nitrogens with two attached hydrogens (primary N) is 1. The van der Waals surface area contributed by atoms with Crippen molar-refractivity contribution >= 4 is 11.9 Å². The monoisotopic (exact) mass is 143 g/mol. The smallest absolute Gasteiger partial charge is 0.306 e. The third kappa shape index (κ3) is 1.46. The molecule has 0 bridgehead atoms. The van der Waals surface area contributed by atoms with Gasteiger partial charge in [0.1, 0.15) is 0 Å². The first kappa shape index (κ1) is 7.05. The van der Waals surface area contributed by atoms with E-state index in [1.165, 1.54) is 0 Å². The van der Waals surface area contributed by atoms with Crippen molar-refractivity contribution in [3.05, 3.63) is 0 Å². The highest BCUT2D eigenvalue weighted by molar-refractivity contribution is 5.83. The Morgan fingerprint density at radius 3 is 2.80 bits per heavy atom. The summed E-state index contributed by atoms with van der Waals surface area (Å²) >= 11 is 0. The standard InChI is InChI=1S/C6H9NO3/c7-6(9)4-2-1-3-5(8)10-4/h4H,1-3H2,(H2,7,9). The fraction of sp³-hybridized carbons (Fsp3) is 0.667. The second-order valence-corrected chi connectivity index (χ2v) is 2.27. The highest BCUT2D eigenvalue weighted by atomic mass is 16.5. The molecule has 2 N–H and O–H groups in total. The zero-order chi connectivity index (χ0) is 7.56. The molecule has 1 amide bonds. The first-order chi connectivity index (χ1) is 4.70. The van der Waals surface area contributed by atoms with Crippen molar-refractivity contribution in [1.82, 2.24) is 0 Å². The van der Waals surface area contributed by atoms with E-state index in [-0.39, 0.29) is 5.97 Å². The van der Waals surface area contributed by atoms with Crippen LogP contribution in [0.1, 0.15) is 19.3 Å². The third-order valence-corrected chi connectivity index (χ3v) is 1.44. The summed E-state index contributed by atoms with van der Waals surface area (Å²) in [4.78, 5) is 21.0. The van der Waals surface area contributed by atoms with Crippen LogP contribution in [0.4, 0.5) is 0 Å². The van der Waals surface area contributed by atoms with Crippen LogP contribution in [-0.4, -0.2) is 18.0 Å². The molecule has 0 spiro atoms. The minimum atomic E-state index is -0.679. The summed E-state index contributed by atoms with van der Waals surface area (Å²) in [6.45, 7) is 0. The lowest BCUT2D eigenvalue weighted by atomic mass is 10.1. The molecule has 0 radical (unpaired) electrons. The number of cyclic esters (lactones) is 1. The van der Waals surface area contributed by atoms with Crippen LogP contribution in [0.25, 0.3) is 0 Å². The molecule has 4 heteroatoms. The Morgan fingerprint density at radius 2 is 2.40 bits per heavy atom. The molecule has 1 fully saturated rings. The molecule has 1 rings (SSSR count). The zero-order valence-electron chi connectivity index (χ0n) is 5.50. The maximum atomic E-state index is 10.5. The second-order valence-electron chi connectivity index (χ2n) is 2.27. The second kappa shape index (κ2) is 2.68. The van der Waals surface area contributed by atoms with Crippen LogP contribution in [0.15, 0.2) is 0 Å². The molecule has 10 heavy (non-hydrogen) atoms. The van der Waals surface area contributed by atoms with Gasteiger partial charge in [0.2, 0.25) is 0 Å². The predicted octanol–water partition coefficient (Wildman–Crippen LogP) is -0.433. The number of primary amides is 1. The highest BCUT2D eigenvalue weighted by Gasteiger charge is 2.24. The summed E-state index contributed by atoms with van der Waals surface area (Å²) in [6, 6.07) is 0. The van der Waals surface area contributed by atoms with Crippen LogP contribution in [-0.2, 0) is 14.3 Å². The lowest BCUT2D eigenvalue weighted by Crippen LogP contribution is -2.35. The van der Waals surface area contributed by atoms with E-state index in [2.05, 4.69) is 4.74 Å². The molecule has 1 unspecified atom stereocenters. The Morgan fingerprint density at radius 1 is 1.70 bits per heavy atom. The zero-order valence-corrected chi connectivity index (χ0v) is 5.50. The molecule has 1 saturated heterocycles. The summed E-state index contributed by atoms with van der Waals surface area (Å²) in [5.74, 6) is -0.872. The predicted molar refractivity (Wildman–Crippen MR) is 32.9 cm³/mol. The van der Waals surface area contributed by atoms with Gasteiger partial charge in [0.05, 0.1) is 0 Å². The van der Waals surface area contributed by atoms with Gasteiger partial charge in [-0.25, -0.2) is 0 Å². The van der Waals surface area contributed by atoms with Crippen molar-refractivity contribution in [2.75, 3.05) is 0 Å². The van der Waals surface area contributed by atoms with Gasteiger partial charge < -0.3 is 10.5 Å². The van der Waals surface area contributed by atoms with Crippen molar-refractivity contribution in [1.29, 1.82) is 0 Å². The number of ether oxygens (including phenoxy) is 1. The van der Waals surface area contributed by atoms with Gasteiger partial charge >= 0.3 is 5.97 Å². The molecular formula is C6H9NO3. The summed E-state index contributed by atoms with van der Waals surface area (Å²) in [7, 11) is 0. The number of rotatable bonds is 1. The topological polar surface area (TPSA) is 69.4 Å². The van der Waals surface area contributed by atoms with Crippen LogP contribution < -0.4 is 5.73 Å². The molecule has 56 valence electrons. The lowest BCUT2D eigenvalue weighted by molar-refractivity contribution is -0.159. The number of carbonyl (C=O) groups is 2. The Bertz CT molecular complexity index is 164. The Kier molecular flexibility index (Phi) is 1.89. The number of hydrogen-bond donors (Lipinski definition) is 1. The molecule has 1 aliphatic heterocycles. The van der Waals surface area contributed by atoms with Crippen LogP contribution in [0, 0.1) is 0 Å². The van der Waals surface area contributed by atoms with Gasteiger partial charge in [-0.15, -0.1) is 0 Å². The summed E-state index contributed by atoms with van der Waals surface area (Å²) in [5.41, 5.74) is 4.91. The summed E-state index contributed by atoms with van der Waals surface area (Å²) in [6.07, 6.45) is 0.998. The van der Waals surface area contributed by atoms with E-state index in [1.54, 1.807) is 0 Å². The van der Waals surface area contributed by atoms with Crippen LogP contribution in [0.5, 0.6) is 0 Å². The number of carbonyl (C=O) groups excluding carboxylic acids is 2. The molecular weight excluding hydrogens is 134 g/mol. The maximum absolute atomic E-state index is 10.5. The van der Waals surface area contributed by atoms with E-state index < -0.39 is 12.0 Å². The average molecular weight is 143 g/mol. The Labute approximate surface area is 58.3 Å². The highest BCUT2D eigenvalue weighted by Crippen LogP contribution is 2.12. The molecule has 4 nitrogen and oxygen atoms in total. The van der Waals surface area contributed by atoms with Gasteiger partial charge in [0.15, 0.2) is 6.10 Å². The molecule has 1 aliphatic rings. The summed E-state index contributed by atoms with van der Waals surface area (Å²) in [5, 5.41) is 0. The third-order valence-electron chi connectivity index (χ3n) is 1.44. The lowest BCUT2D eigenvalue weighted by Gasteiger charge is -2.18. The molecule has 1 heterocycles. The van der Waals surface area contributed by atoms with Crippen LogP contribution in [0.3, 0.4) is 0 Å². The van der Waals surface area contributed by atoms with Gasteiger partial charge in [-0.3, -0.25) is 9.59 Å². The fourth-order valence-electron chi connectivity index (χ4n) is 0.909. The Hall–Kier alpha value is -1.06. The van der Waals surface area contributed by atoms with E-state index in [9.17, 15) is 9.59 Å². The van der Waals surface area contributed by atoms with Gasteiger partial charge in [0.25, 0.3) is 5.91 Å². The first-order valence-electron chi connectivity index (χ1n) is 3.19. The van der Waals surface area contributed by atoms with Crippen molar-refractivity contribution in [3.63, 3.8) is 0 Å².